The molecule has 0 spiro atoms. The minimum atomic E-state index is -3.57. The van der Waals surface area contributed by atoms with Gasteiger partial charge in [-0.2, -0.15) is 4.31 Å². The predicted molar refractivity (Wildman–Crippen MR) is 105 cm³/mol. The molecule has 1 aliphatic heterocycles. The molecule has 1 aliphatic rings. The van der Waals surface area contributed by atoms with Gasteiger partial charge in [0.15, 0.2) is 0 Å². The number of esters is 1. The number of fused-ring (bicyclic) bond motifs is 1. The molecule has 0 aromatic heterocycles. The first-order chi connectivity index (χ1) is 13.3. The van der Waals surface area contributed by atoms with Crippen molar-refractivity contribution in [1.82, 2.24) is 4.31 Å². The number of amides is 1. The number of nitrogens with zero attached hydrogens (tertiary/aromatic N) is 1. The Hall–Kier alpha value is -2.71. The number of benzene rings is 2. The highest BCUT2D eigenvalue weighted by atomic mass is 32.2. The van der Waals surface area contributed by atoms with E-state index < -0.39 is 27.9 Å². The largest absolute Gasteiger partial charge is 0.462 e. The lowest BCUT2D eigenvalue weighted by Crippen LogP contribution is -2.50. The summed E-state index contributed by atoms with van der Waals surface area (Å²) in [6, 6.07) is 12.9. The van der Waals surface area contributed by atoms with Crippen LogP contribution in [-0.4, -0.2) is 43.5 Å². The number of ether oxygens (including phenoxy) is 1. The van der Waals surface area contributed by atoms with E-state index in [2.05, 4.69) is 5.32 Å². The lowest BCUT2D eigenvalue weighted by Gasteiger charge is -2.34. The highest BCUT2D eigenvalue weighted by Crippen LogP contribution is 2.26. The monoisotopic (exact) mass is 402 g/mol. The van der Waals surface area contributed by atoms with Crippen molar-refractivity contribution in [1.29, 1.82) is 0 Å². The SMILES string of the molecule is CCOC(=O)c1ccc(NC(=O)C2Cc3ccccc3CN2S(C)(=O)=O)cc1. The second kappa shape index (κ2) is 8.12. The fraction of sp³-hybridized carbons (Fsp3) is 0.300. The molecule has 0 fully saturated rings. The van der Waals surface area contributed by atoms with Crippen molar-refractivity contribution in [2.75, 3.05) is 18.2 Å². The Morgan fingerprint density at radius 1 is 1.11 bits per heavy atom. The number of nitrogens with one attached hydrogen (secondary N) is 1. The molecule has 0 aliphatic carbocycles. The van der Waals surface area contributed by atoms with Crippen LogP contribution in [0.15, 0.2) is 48.5 Å². The van der Waals surface area contributed by atoms with Crippen LogP contribution in [0.2, 0.25) is 0 Å². The second-order valence-corrected chi connectivity index (χ2v) is 8.52. The Kier molecular flexibility index (Phi) is 5.81. The van der Waals surface area contributed by atoms with Gasteiger partial charge in [-0.05, 0) is 48.7 Å². The molecule has 0 saturated carbocycles. The van der Waals surface area contributed by atoms with Gasteiger partial charge < -0.3 is 10.1 Å². The first kappa shape index (κ1) is 20.0. The highest BCUT2D eigenvalue weighted by Gasteiger charge is 2.36. The van der Waals surface area contributed by atoms with Crippen molar-refractivity contribution in [3.8, 4) is 0 Å². The molecule has 0 saturated heterocycles. The fourth-order valence-electron chi connectivity index (χ4n) is 3.20. The van der Waals surface area contributed by atoms with Gasteiger partial charge in [0.05, 0.1) is 18.4 Å². The molecule has 1 heterocycles. The van der Waals surface area contributed by atoms with E-state index in [1.54, 1.807) is 31.2 Å². The maximum atomic E-state index is 12.8. The third kappa shape index (κ3) is 4.40. The molecular formula is C20H22N2O5S. The van der Waals surface area contributed by atoms with Crippen LogP contribution in [0, 0.1) is 0 Å². The molecular weight excluding hydrogens is 380 g/mol. The quantitative estimate of drug-likeness (QED) is 0.774. The maximum absolute atomic E-state index is 12.8. The van der Waals surface area contributed by atoms with E-state index in [-0.39, 0.29) is 13.2 Å². The minimum absolute atomic E-state index is 0.162. The zero-order valence-corrected chi connectivity index (χ0v) is 16.5. The molecule has 1 atom stereocenters. The van der Waals surface area contributed by atoms with Crippen molar-refractivity contribution >= 4 is 27.6 Å². The number of anilines is 1. The first-order valence-electron chi connectivity index (χ1n) is 8.91. The summed E-state index contributed by atoms with van der Waals surface area (Å²) in [5, 5.41) is 2.75. The van der Waals surface area contributed by atoms with Gasteiger partial charge in [0.25, 0.3) is 0 Å². The van der Waals surface area contributed by atoms with E-state index in [1.165, 1.54) is 4.31 Å². The Labute approximate surface area is 164 Å². The van der Waals surface area contributed by atoms with Crippen LogP contribution in [0.3, 0.4) is 0 Å². The van der Waals surface area contributed by atoms with Gasteiger partial charge in [-0.1, -0.05) is 24.3 Å². The number of hydrogen-bond donors (Lipinski definition) is 1. The zero-order chi connectivity index (χ0) is 20.3. The van der Waals surface area contributed by atoms with Gasteiger partial charge in [0.2, 0.25) is 15.9 Å². The molecule has 8 heteroatoms. The lowest BCUT2D eigenvalue weighted by molar-refractivity contribution is -0.120. The smallest absolute Gasteiger partial charge is 0.338 e. The average molecular weight is 402 g/mol. The van der Waals surface area contributed by atoms with E-state index >= 15 is 0 Å². The molecule has 7 nitrogen and oxygen atoms in total. The number of hydrogen-bond acceptors (Lipinski definition) is 5. The average Bonchev–Trinajstić information content (AvgIpc) is 2.67. The van der Waals surface area contributed by atoms with E-state index in [1.807, 2.05) is 24.3 Å². The molecule has 2 aromatic carbocycles. The summed E-state index contributed by atoms with van der Waals surface area (Å²) < 4.78 is 30.6. The number of rotatable bonds is 5. The van der Waals surface area contributed by atoms with Crippen molar-refractivity contribution in [2.45, 2.75) is 25.9 Å². The molecule has 1 amide bonds. The van der Waals surface area contributed by atoms with Crippen molar-refractivity contribution < 1.29 is 22.7 Å². The fourth-order valence-corrected chi connectivity index (χ4v) is 4.21. The van der Waals surface area contributed by atoms with Crippen molar-refractivity contribution in [2.24, 2.45) is 0 Å². The van der Waals surface area contributed by atoms with Crippen molar-refractivity contribution in [3.05, 3.63) is 65.2 Å². The van der Waals surface area contributed by atoms with E-state index in [0.717, 1.165) is 17.4 Å². The van der Waals surface area contributed by atoms with Gasteiger partial charge in [-0.25, -0.2) is 13.2 Å². The Morgan fingerprint density at radius 2 is 1.75 bits per heavy atom. The molecule has 28 heavy (non-hydrogen) atoms. The maximum Gasteiger partial charge on any atom is 0.338 e. The Morgan fingerprint density at radius 3 is 2.36 bits per heavy atom. The summed E-state index contributed by atoms with van der Waals surface area (Å²) in [4.78, 5) is 24.6. The van der Waals surface area contributed by atoms with E-state index in [0.29, 0.717) is 17.7 Å². The molecule has 3 rings (SSSR count). The summed E-state index contributed by atoms with van der Waals surface area (Å²) >= 11 is 0. The minimum Gasteiger partial charge on any atom is -0.462 e. The topological polar surface area (TPSA) is 92.8 Å². The number of carbonyl (C=O) groups excluding carboxylic acids is 2. The van der Waals surface area contributed by atoms with Crippen LogP contribution in [0.4, 0.5) is 5.69 Å². The Balaban J connectivity index is 1.79. The van der Waals surface area contributed by atoms with Crippen LogP contribution in [-0.2, 0) is 32.5 Å². The van der Waals surface area contributed by atoms with Crippen LogP contribution in [0.25, 0.3) is 0 Å². The third-order valence-corrected chi connectivity index (χ3v) is 5.83. The second-order valence-electron chi connectivity index (χ2n) is 6.58. The normalized spacial score (nSPS) is 16.9. The van der Waals surface area contributed by atoms with Crippen LogP contribution >= 0.6 is 0 Å². The predicted octanol–water partition coefficient (Wildman–Crippen LogP) is 2.19. The highest BCUT2D eigenvalue weighted by molar-refractivity contribution is 7.88. The zero-order valence-electron chi connectivity index (χ0n) is 15.7. The summed E-state index contributed by atoms with van der Waals surface area (Å²) in [6.07, 6.45) is 1.41. The standard InChI is InChI=1S/C20H22N2O5S/c1-3-27-20(24)14-8-10-17(11-9-14)21-19(23)18-12-15-6-4-5-7-16(15)13-22(18)28(2,25)26/h4-11,18H,3,12-13H2,1-2H3,(H,21,23). The van der Waals surface area contributed by atoms with Crippen LogP contribution in [0.1, 0.15) is 28.4 Å². The third-order valence-electron chi connectivity index (χ3n) is 4.60. The molecule has 1 unspecified atom stereocenters. The van der Waals surface area contributed by atoms with Gasteiger partial charge in [-0.3, -0.25) is 4.79 Å². The van der Waals surface area contributed by atoms with E-state index in [4.69, 9.17) is 4.74 Å². The van der Waals surface area contributed by atoms with Gasteiger partial charge in [0.1, 0.15) is 6.04 Å². The van der Waals surface area contributed by atoms with Gasteiger partial charge in [0, 0.05) is 12.2 Å². The molecule has 2 aromatic rings. The summed E-state index contributed by atoms with van der Waals surface area (Å²) in [6.45, 7) is 2.17. The van der Waals surface area contributed by atoms with E-state index in [9.17, 15) is 18.0 Å². The van der Waals surface area contributed by atoms with Gasteiger partial charge in [-0.15, -0.1) is 0 Å². The summed E-state index contributed by atoms with van der Waals surface area (Å²) in [5.41, 5.74) is 2.71. The molecule has 148 valence electrons. The molecule has 0 radical (unpaired) electrons. The summed E-state index contributed by atoms with van der Waals surface area (Å²) in [7, 11) is -3.57. The lowest BCUT2D eigenvalue weighted by atomic mass is 9.95. The number of sulfonamides is 1. The Bertz CT molecular complexity index is 986. The molecule has 0 bridgehead atoms. The molecule has 1 N–H and O–H groups in total. The van der Waals surface area contributed by atoms with Crippen LogP contribution in [0.5, 0.6) is 0 Å². The van der Waals surface area contributed by atoms with Gasteiger partial charge >= 0.3 is 5.97 Å². The number of carbonyl (C=O) groups is 2. The van der Waals surface area contributed by atoms with Crippen molar-refractivity contribution in [3.63, 3.8) is 0 Å². The first-order valence-corrected chi connectivity index (χ1v) is 10.8. The van der Waals surface area contributed by atoms with Crippen LogP contribution < -0.4 is 5.32 Å². The summed E-state index contributed by atoms with van der Waals surface area (Å²) in [5.74, 6) is -0.851.